The SMILES string of the molecule is CCCc1nc2ccc(Br)cc2c(=O)n1N=Cc1cc(Cl)cc([N+](=O)[O-])c1Oc1ccc([N+](=O)[O-])cn1. The maximum atomic E-state index is 13.3. The van der Waals surface area contributed by atoms with Crippen molar-refractivity contribution in [1.82, 2.24) is 14.6 Å². The monoisotopic (exact) mass is 586 g/mol. The summed E-state index contributed by atoms with van der Waals surface area (Å²) in [6.07, 6.45) is 3.29. The zero-order valence-corrected chi connectivity index (χ0v) is 21.3. The van der Waals surface area contributed by atoms with Crippen LogP contribution in [0.2, 0.25) is 5.02 Å². The first-order chi connectivity index (χ1) is 17.7. The topological polar surface area (TPSA) is 156 Å². The van der Waals surface area contributed by atoms with Crippen molar-refractivity contribution in [3.8, 4) is 11.6 Å². The number of aromatic nitrogens is 3. The molecule has 12 nitrogen and oxygen atoms in total. The molecular formula is C23H16BrClN6O6. The van der Waals surface area contributed by atoms with Gasteiger partial charge in [0.2, 0.25) is 11.6 Å². The second kappa shape index (κ2) is 10.8. The van der Waals surface area contributed by atoms with Gasteiger partial charge in [-0.25, -0.2) is 9.97 Å². The van der Waals surface area contributed by atoms with Crippen molar-refractivity contribution in [3.05, 3.63) is 100 Å². The molecule has 188 valence electrons. The Kier molecular flexibility index (Phi) is 7.55. The molecule has 14 heteroatoms. The van der Waals surface area contributed by atoms with E-state index in [1.54, 1.807) is 18.2 Å². The average molecular weight is 588 g/mol. The highest BCUT2D eigenvalue weighted by Gasteiger charge is 2.22. The Hall–Kier alpha value is -4.23. The van der Waals surface area contributed by atoms with Crippen LogP contribution in [0.4, 0.5) is 11.4 Å². The lowest BCUT2D eigenvalue weighted by molar-refractivity contribution is -0.385. The van der Waals surface area contributed by atoms with Gasteiger partial charge in [-0.1, -0.05) is 34.5 Å². The number of nitrogens with zero attached hydrogens (tertiary/aromatic N) is 6. The van der Waals surface area contributed by atoms with E-state index < -0.39 is 21.1 Å². The van der Waals surface area contributed by atoms with Crippen LogP contribution in [0.15, 0.2) is 63.0 Å². The third-order valence-electron chi connectivity index (χ3n) is 5.06. The first kappa shape index (κ1) is 25.9. The summed E-state index contributed by atoms with van der Waals surface area (Å²) in [6, 6.07) is 9.93. The van der Waals surface area contributed by atoms with E-state index in [4.69, 9.17) is 16.3 Å². The lowest BCUT2D eigenvalue weighted by atomic mass is 10.2. The Labute approximate surface area is 221 Å². The summed E-state index contributed by atoms with van der Waals surface area (Å²) >= 11 is 9.46. The maximum Gasteiger partial charge on any atom is 0.313 e. The Balaban J connectivity index is 1.85. The van der Waals surface area contributed by atoms with Crippen LogP contribution in [0, 0.1) is 20.2 Å². The maximum absolute atomic E-state index is 13.3. The number of fused-ring (bicyclic) bond motifs is 1. The van der Waals surface area contributed by atoms with Crippen LogP contribution < -0.4 is 10.3 Å². The van der Waals surface area contributed by atoms with E-state index in [2.05, 4.69) is 31.0 Å². The molecule has 37 heavy (non-hydrogen) atoms. The Morgan fingerprint density at radius 2 is 1.95 bits per heavy atom. The first-order valence-electron chi connectivity index (χ1n) is 10.7. The number of aryl methyl sites for hydroxylation is 1. The number of hydrogen-bond donors (Lipinski definition) is 0. The van der Waals surface area contributed by atoms with Gasteiger partial charge in [0, 0.05) is 39.7 Å². The van der Waals surface area contributed by atoms with Crippen LogP contribution >= 0.6 is 27.5 Å². The van der Waals surface area contributed by atoms with Crippen molar-refractivity contribution in [2.45, 2.75) is 19.8 Å². The quantitative estimate of drug-likeness (QED) is 0.145. The summed E-state index contributed by atoms with van der Waals surface area (Å²) in [5, 5.41) is 27.3. The van der Waals surface area contributed by atoms with Gasteiger partial charge in [0.15, 0.2) is 0 Å². The van der Waals surface area contributed by atoms with E-state index in [0.29, 0.717) is 34.0 Å². The van der Waals surface area contributed by atoms with Gasteiger partial charge in [-0.05, 0) is 30.7 Å². The van der Waals surface area contributed by atoms with Crippen LogP contribution in [-0.4, -0.2) is 30.7 Å². The molecule has 0 spiro atoms. The van der Waals surface area contributed by atoms with Crippen molar-refractivity contribution in [2.24, 2.45) is 5.10 Å². The molecule has 4 aromatic rings. The van der Waals surface area contributed by atoms with Gasteiger partial charge in [0.05, 0.1) is 27.0 Å². The highest BCUT2D eigenvalue weighted by atomic mass is 79.9. The molecule has 0 aliphatic carbocycles. The van der Waals surface area contributed by atoms with Gasteiger partial charge in [-0.2, -0.15) is 9.78 Å². The molecule has 0 fully saturated rings. The van der Waals surface area contributed by atoms with Gasteiger partial charge < -0.3 is 4.74 Å². The summed E-state index contributed by atoms with van der Waals surface area (Å²) in [6.45, 7) is 1.93. The average Bonchev–Trinajstić information content (AvgIpc) is 2.86. The summed E-state index contributed by atoms with van der Waals surface area (Å²) in [5.41, 5.74) is -0.617. The summed E-state index contributed by atoms with van der Waals surface area (Å²) < 4.78 is 7.45. The fraction of sp³-hybridized carbons (Fsp3) is 0.130. The first-order valence-corrected chi connectivity index (χ1v) is 11.9. The van der Waals surface area contributed by atoms with Gasteiger partial charge in [-0.3, -0.25) is 25.0 Å². The van der Waals surface area contributed by atoms with E-state index in [9.17, 15) is 25.0 Å². The smallest absolute Gasteiger partial charge is 0.313 e. The van der Waals surface area contributed by atoms with Crippen LogP contribution in [0.3, 0.4) is 0 Å². The van der Waals surface area contributed by atoms with Crippen molar-refractivity contribution in [2.75, 3.05) is 0 Å². The van der Waals surface area contributed by atoms with Crippen LogP contribution in [0.1, 0.15) is 24.7 Å². The molecule has 0 unspecified atom stereocenters. The Morgan fingerprint density at radius 1 is 1.16 bits per heavy atom. The van der Waals surface area contributed by atoms with E-state index in [0.717, 1.165) is 23.0 Å². The predicted molar refractivity (Wildman–Crippen MR) is 140 cm³/mol. The third kappa shape index (κ3) is 5.62. The van der Waals surface area contributed by atoms with E-state index >= 15 is 0 Å². The molecule has 4 rings (SSSR count). The second-order valence-corrected chi connectivity index (χ2v) is 8.97. The van der Waals surface area contributed by atoms with Crippen molar-refractivity contribution in [3.63, 3.8) is 0 Å². The van der Waals surface area contributed by atoms with Crippen LogP contribution in [-0.2, 0) is 6.42 Å². The number of benzene rings is 2. The third-order valence-corrected chi connectivity index (χ3v) is 5.77. The van der Waals surface area contributed by atoms with E-state index in [1.165, 1.54) is 18.3 Å². The number of halogens is 2. The highest BCUT2D eigenvalue weighted by molar-refractivity contribution is 9.10. The summed E-state index contributed by atoms with van der Waals surface area (Å²) in [7, 11) is 0. The predicted octanol–water partition coefficient (Wildman–Crippen LogP) is 5.65. The largest absolute Gasteiger partial charge is 0.431 e. The number of pyridine rings is 1. The summed E-state index contributed by atoms with van der Waals surface area (Å²) in [5.74, 6) is 0.00224. The standard InChI is InChI=1S/C23H16BrClN6O6/c1-2-3-20-28-18-6-4-14(24)9-17(18)23(32)29(20)27-11-13-8-15(25)10-19(31(35)36)22(13)37-21-7-5-16(12-26-21)30(33)34/h4-12H,2-3H2,1H3. The van der Waals surface area contributed by atoms with Gasteiger partial charge >= 0.3 is 5.69 Å². The molecule has 0 amide bonds. The van der Waals surface area contributed by atoms with Gasteiger partial charge in [0.1, 0.15) is 12.0 Å². The fourth-order valence-corrected chi connectivity index (χ4v) is 3.99. The minimum Gasteiger partial charge on any atom is -0.431 e. The molecule has 0 aliphatic rings. The molecule has 0 saturated heterocycles. The summed E-state index contributed by atoms with van der Waals surface area (Å²) in [4.78, 5) is 43.0. The number of ether oxygens (including phenoxy) is 1. The molecule has 2 aromatic heterocycles. The molecule has 0 radical (unpaired) electrons. The van der Waals surface area contributed by atoms with Crippen molar-refractivity contribution >= 4 is 56.0 Å². The Bertz CT molecular complexity index is 1620. The van der Waals surface area contributed by atoms with Crippen LogP contribution in [0.5, 0.6) is 11.6 Å². The molecule has 2 aromatic carbocycles. The van der Waals surface area contributed by atoms with E-state index in [-0.39, 0.29) is 27.9 Å². The number of nitro benzene ring substituents is 1. The molecule has 2 heterocycles. The molecule has 0 saturated carbocycles. The minimum atomic E-state index is -0.701. The zero-order valence-electron chi connectivity index (χ0n) is 19.0. The van der Waals surface area contributed by atoms with Crippen LogP contribution in [0.25, 0.3) is 10.9 Å². The minimum absolute atomic E-state index is 0.0267. The van der Waals surface area contributed by atoms with Gasteiger partial charge in [0.25, 0.3) is 11.2 Å². The number of hydrogen-bond acceptors (Lipinski definition) is 9. The van der Waals surface area contributed by atoms with Crippen molar-refractivity contribution in [1.29, 1.82) is 0 Å². The molecule has 0 bridgehead atoms. The molecule has 0 atom stereocenters. The lowest BCUT2D eigenvalue weighted by Gasteiger charge is -2.11. The number of nitro groups is 2. The highest BCUT2D eigenvalue weighted by Crippen LogP contribution is 2.36. The zero-order chi connectivity index (χ0) is 26.7. The molecule has 0 N–H and O–H groups in total. The normalized spacial score (nSPS) is 11.2. The molecule has 0 aliphatic heterocycles. The number of rotatable bonds is 8. The fourth-order valence-electron chi connectivity index (χ4n) is 3.41. The van der Waals surface area contributed by atoms with E-state index in [1.807, 2.05) is 6.92 Å². The Morgan fingerprint density at radius 3 is 2.59 bits per heavy atom. The van der Waals surface area contributed by atoms with Crippen molar-refractivity contribution < 1.29 is 14.6 Å². The van der Waals surface area contributed by atoms with Gasteiger partial charge in [-0.15, -0.1) is 0 Å². The lowest BCUT2D eigenvalue weighted by Crippen LogP contribution is -2.22. The molecular weight excluding hydrogens is 572 g/mol. The second-order valence-electron chi connectivity index (χ2n) is 7.62.